The number of nitrogens with zero attached hydrogens (tertiary/aromatic N) is 1. The molecule has 0 aliphatic rings. The summed E-state index contributed by atoms with van der Waals surface area (Å²) in [5, 5.41) is 4.10. The van der Waals surface area contributed by atoms with Crippen LogP contribution in [0, 0.1) is 0 Å². The quantitative estimate of drug-likeness (QED) is 0.880. The fraction of sp³-hybridized carbons (Fsp3) is 0. The molecule has 1 aromatic carbocycles. The van der Waals surface area contributed by atoms with Crippen LogP contribution in [0.15, 0.2) is 38.7 Å². The second kappa shape index (κ2) is 4.42. The van der Waals surface area contributed by atoms with Gasteiger partial charge < -0.3 is 5.32 Å². The Morgan fingerprint density at radius 1 is 1.29 bits per heavy atom. The van der Waals surface area contributed by atoms with E-state index in [0.29, 0.717) is 0 Å². The van der Waals surface area contributed by atoms with Crippen molar-refractivity contribution in [1.82, 2.24) is 4.98 Å². The number of halogens is 2. The molecule has 2 aromatic rings. The van der Waals surface area contributed by atoms with Gasteiger partial charge in [0, 0.05) is 10.2 Å². The summed E-state index contributed by atoms with van der Waals surface area (Å²) in [6, 6.07) is 7.98. The molecular formula is C9H6Br2N2S. The van der Waals surface area contributed by atoms with Gasteiger partial charge in [0.2, 0.25) is 0 Å². The summed E-state index contributed by atoms with van der Waals surface area (Å²) in [5.74, 6) is 0. The molecule has 0 spiro atoms. The molecule has 1 heterocycles. The monoisotopic (exact) mass is 332 g/mol. The van der Waals surface area contributed by atoms with Gasteiger partial charge in [-0.3, -0.25) is 0 Å². The zero-order valence-electron chi connectivity index (χ0n) is 7.00. The summed E-state index contributed by atoms with van der Waals surface area (Å²) < 4.78 is 2.08. The molecule has 1 aromatic heterocycles. The number of anilines is 2. The van der Waals surface area contributed by atoms with E-state index in [0.717, 1.165) is 19.1 Å². The third-order valence-corrected chi connectivity index (χ3v) is 3.44. The number of thiazole rings is 1. The normalized spacial score (nSPS) is 10.1. The van der Waals surface area contributed by atoms with Gasteiger partial charge in [-0.1, -0.05) is 33.3 Å². The molecule has 72 valence electrons. The minimum absolute atomic E-state index is 0.884. The molecule has 0 unspecified atom stereocenters. The molecular weight excluding hydrogens is 328 g/mol. The molecule has 0 bridgehead atoms. The van der Waals surface area contributed by atoms with Crippen LogP contribution in [-0.4, -0.2) is 4.98 Å². The lowest BCUT2D eigenvalue weighted by atomic mass is 10.3. The molecule has 1 N–H and O–H groups in total. The lowest BCUT2D eigenvalue weighted by molar-refractivity contribution is 1.38. The maximum Gasteiger partial charge on any atom is 0.188 e. The topological polar surface area (TPSA) is 24.9 Å². The summed E-state index contributed by atoms with van der Waals surface area (Å²) in [4.78, 5) is 4.19. The second-order valence-corrected chi connectivity index (χ2v) is 5.93. The Morgan fingerprint density at radius 2 is 2.14 bits per heavy atom. The van der Waals surface area contributed by atoms with Gasteiger partial charge in [0.05, 0.1) is 9.98 Å². The van der Waals surface area contributed by atoms with E-state index in [4.69, 9.17) is 0 Å². The van der Waals surface area contributed by atoms with Crippen LogP contribution in [0.3, 0.4) is 0 Å². The van der Waals surface area contributed by atoms with Crippen LogP contribution in [0.1, 0.15) is 0 Å². The highest BCUT2D eigenvalue weighted by Crippen LogP contribution is 2.27. The standard InChI is InChI=1S/C9H6Br2N2S/c10-6-2-1-3-7(4-6)13-9-12-5-8(11)14-9/h1-5H,(H,12,13). The van der Waals surface area contributed by atoms with Gasteiger partial charge in [0.1, 0.15) is 0 Å². The Bertz CT molecular complexity index is 442. The molecule has 0 aliphatic heterocycles. The van der Waals surface area contributed by atoms with Crippen molar-refractivity contribution in [3.63, 3.8) is 0 Å². The highest BCUT2D eigenvalue weighted by atomic mass is 79.9. The van der Waals surface area contributed by atoms with Crippen molar-refractivity contribution in [1.29, 1.82) is 0 Å². The van der Waals surface area contributed by atoms with Gasteiger partial charge >= 0.3 is 0 Å². The smallest absolute Gasteiger partial charge is 0.188 e. The van der Waals surface area contributed by atoms with Crippen LogP contribution < -0.4 is 5.32 Å². The molecule has 14 heavy (non-hydrogen) atoms. The van der Waals surface area contributed by atoms with Gasteiger partial charge in [-0.15, -0.1) is 0 Å². The average Bonchev–Trinajstić information content (AvgIpc) is 2.51. The van der Waals surface area contributed by atoms with Crippen LogP contribution in [0.2, 0.25) is 0 Å². The second-order valence-electron chi connectivity index (χ2n) is 2.60. The van der Waals surface area contributed by atoms with E-state index >= 15 is 0 Å². The number of benzene rings is 1. The van der Waals surface area contributed by atoms with Gasteiger partial charge in [0.15, 0.2) is 5.13 Å². The molecule has 0 saturated heterocycles. The largest absolute Gasteiger partial charge is 0.331 e. The first-order valence-corrected chi connectivity index (χ1v) is 6.28. The predicted molar refractivity (Wildman–Crippen MR) is 67.2 cm³/mol. The van der Waals surface area contributed by atoms with E-state index in [1.54, 1.807) is 17.5 Å². The van der Waals surface area contributed by atoms with E-state index in [9.17, 15) is 0 Å². The number of nitrogens with one attached hydrogen (secondary N) is 1. The molecule has 0 saturated carbocycles. The van der Waals surface area contributed by atoms with Crippen LogP contribution in [0.25, 0.3) is 0 Å². The minimum atomic E-state index is 0.884. The number of hydrogen-bond acceptors (Lipinski definition) is 3. The van der Waals surface area contributed by atoms with E-state index in [-0.39, 0.29) is 0 Å². The molecule has 0 amide bonds. The van der Waals surface area contributed by atoms with Crippen molar-refractivity contribution in [2.45, 2.75) is 0 Å². The molecule has 2 rings (SSSR count). The van der Waals surface area contributed by atoms with Gasteiger partial charge in [-0.2, -0.15) is 0 Å². The zero-order valence-corrected chi connectivity index (χ0v) is 11.0. The summed E-state index contributed by atoms with van der Waals surface area (Å²) in [5.41, 5.74) is 1.03. The van der Waals surface area contributed by atoms with Crippen LogP contribution >= 0.6 is 43.2 Å². The van der Waals surface area contributed by atoms with Crippen molar-refractivity contribution in [2.75, 3.05) is 5.32 Å². The molecule has 0 aliphatic carbocycles. The molecule has 2 nitrogen and oxygen atoms in total. The molecule has 5 heteroatoms. The van der Waals surface area contributed by atoms with Gasteiger partial charge in [-0.05, 0) is 34.1 Å². The van der Waals surface area contributed by atoms with Gasteiger partial charge in [-0.25, -0.2) is 4.98 Å². The van der Waals surface area contributed by atoms with E-state index in [1.807, 2.05) is 24.3 Å². The number of rotatable bonds is 2. The Hall–Kier alpha value is -0.390. The van der Waals surface area contributed by atoms with Crippen LogP contribution in [0.4, 0.5) is 10.8 Å². The average molecular weight is 334 g/mol. The highest BCUT2D eigenvalue weighted by Gasteiger charge is 1.99. The summed E-state index contributed by atoms with van der Waals surface area (Å²) >= 11 is 8.35. The summed E-state index contributed by atoms with van der Waals surface area (Å²) in [6.07, 6.45) is 1.78. The summed E-state index contributed by atoms with van der Waals surface area (Å²) in [7, 11) is 0. The third kappa shape index (κ3) is 2.56. The van der Waals surface area contributed by atoms with Crippen molar-refractivity contribution in [2.24, 2.45) is 0 Å². The first-order valence-electron chi connectivity index (χ1n) is 3.88. The van der Waals surface area contributed by atoms with Crippen molar-refractivity contribution in [3.8, 4) is 0 Å². The first-order chi connectivity index (χ1) is 6.74. The fourth-order valence-corrected chi connectivity index (χ4v) is 2.53. The Balaban J connectivity index is 2.18. The fourth-order valence-electron chi connectivity index (χ4n) is 1.00. The van der Waals surface area contributed by atoms with E-state index in [2.05, 4.69) is 42.2 Å². The highest BCUT2D eigenvalue weighted by molar-refractivity contribution is 9.11. The van der Waals surface area contributed by atoms with E-state index < -0.39 is 0 Å². The third-order valence-electron chi connectivity index (χ3n) is 1.55. The zero-order chi connectivity index (χ0) is 9.97. The number of hydrogen-bond donors (Lipinski definition) is 1. The van der Waals surface area contributed by atoms with Crippen LogP contribution in [0.5, 0.6) is 0 Å². The van der Waals surface area contributed by atoms with E-state index in [1.165, 1.54) is 0 Å². The summed E-state index contributed by atoms with van der Waals surface area (Å²) in [6.45, 7) is 0. The molecule has 0 atom stereocenters. The first kappa shape index (κ1) is 10.1. The lowest BCUT2D eigenvalue weighted by Gasteiger charge is -2.01. The van der Waals surface area contributed by atoms with Gasteiger partial charge in [0.25, 0.3) is 0 Å². The van der Waals surface area contributed by atoms with Crippen molar-refractivity contribution in [3.05, 3.63) is 38.7 Å². The lowest BCUT2D eigenvalue weighted by Crippen LogP contribution is -1.87. The molecule has 0 fully saturated rings. The Kier molecular flexibility index (Phi) is 3.20. The molecule has 0 radical (unpaired) electrons. The Morgan fingerprint density at radius 3 is 2.79 bits per heavy atom. The SMILES string of the molecule is Brc1cccc(Nc2ncc(Br)s2)c1. The van der Waals surface area contributed by atoms with Crippen molar-refractivity contribution < 1.29 is 0 Å². The maximum atomic E-state index is 4.19. The van der Waals surface area contributed by atoms with Crippen LogP contribution in [-0.2, 0) is 0 Å². The Labute approximate surface area is 103 Å². The van der Waals surface area contributed by atoms with Crippen molar-refractivity contribution >= 4 is 54.0 Å². The minimum Gasteiger partial charge on any atom is -0.331 e. The predicted octanol–water partition coefficient (Wildman–Crippen LogP) is 4.41. The maximum absolute atomic E-state index is 4.19. The number of aromatic nitrogens is 1.